The van der Waals surface area contributed by atoms with Crippen molar-refractivity contribution < 1.29 is 19.1 Å². The fourth-order valence-electron chi connectivity index (χ4n) is 2.35. The molecule has 0 aliphatic carbocycles. The van der Waals surface area contributed by atoms with Crippen molar-refractivity contribution in [3.63, 3.8) is 0 Å². The van der Waals surface area contributed by atoms with Gasteiger partial charge in [-0.15, -0.1) is 0 Å². The zero-order valence-corrected chi connectivity index (χ0v) is 17.4. The van der Waals surface area contributed by atoms with Gasteiger partial charge < -0.3 is 9.47 Å². The Bertz CT molecular complexity index is 915. The third kappa shape index (κ3) is 5.06. The predicted molar refractivity (Wildman–Crippen MR) is 110 cm³/mol. The van der Waals surface area contributed by atoms with Crippen molar-refractivity contribution in [2.45, 2.75) is 13.5 Å². The summed E-state index contributed by atoms with van der Waals surface area (Å²) in [6.45, 7) is 2.70. The van der Waals surface area contributed by atoms with Gasteiger partial charge in [-0.05, 0) is 60.2 Å². The molecule has 2 aromatic carbocycles. The molecule has 8 heteroatoms. The van der Waals surface area contributed by atoms with Gasteiger partial charge in [0, 0.05) is 9.50 Å². The summed E-state index contributed by atoms with van der Waals surface area (Å²) in [6.07, 6.45) is 1.64. The van der Waals surface area contributed by atoms with Crippen LogP contribution in [0.1, 0.15) is 18.1 Å². The number of carbonyl (C=O) groups excluding carboxylic acids is 2. The SMILES string of the molecule is CCOc1cc(C=C2SC(=O)NC2=O)c(Br)cc1OCc1ccc(Cl)cc1. The third-order valence-electron chi connectivity index (χ3n) is 3.60. The van der Waals surface area contributed by atoms with Gasteiger partial charge in [0.25, 0.3) is 11.1 Å². The average molecular weight is 469 g/mol. The Kier molecular flexibility index (Phi) is 6.46. The molecule has 140 valence electrons. The van der Waals surface area contributed by atoms with E-state index in [0.717, 1.165) is 21.8 Å². The molecule has 3 rings (SSSR count). The van der Waals surface area contributed by atoms with Gasteiger partial charge in [-0.3, -0.25) is 14.9 Å². The van der Waals surface area contributed by atoms with E-state index in [0.29, 0.717) is 40.2 Å². The molecule has 5 nitrogen and oxygen atoms in total. The lowest BCUT2D eigenvalue weighted by molar-refractivity contribution is -0.115. The number of carbonyl (C=O) groups is 2. The molecule has 0 atom stereocenters. The minimum absolute atomic E-state index is 0.331. The van der Waals surface area contributed by atoms with Crippen LogP contribution >= 0.6 is 39.3 Å². The number of hydrogen-bond donors (Lipinski definition) is 1. The Morgan fingerprint density at radius 2 is 1.85 bits per heavy atom. The average Bonchev–Trinajstić information content (AvgIpc) is 2.95. The minimum Gasteiger partial charge on any atom is -0.490 e. The third-order valence-corrected chi connectivity index (χ3v) is 5.35. The summed E-state index contributed by atoms with van der Waals surface area (Å²) < 4.78 is 12.3. The molecule has 2 amide bonds. The van der Waals surface area contributed by atoms with E-state index in [4.69, 9.17) is 21.1 Å². The first kappa shape index (κ1) is 19.8. The smallest absolute Gasteiger partial charge is 0.290 e. The largest absolute Gasteiger partial charge is 0.490 e. The monoisotopic (exact) mass is 467 g/mol. The number of thioether (sulfide) groups is 1. The van der Waals surface area contributed by atoms with Gasteiger partial charge in [-0.1, -0.05) is 39.7 Å². The fraction of sp³-hybridized carbons (Fsp3) is 0.158. The molecular weight excluding hydrogens is 454 g/mol. The summed E-state index contributed by atoms with van der Waals surface area (Å²) in [6, 6.07) is 11.0. The number of imide groups is 1. The second kappa shape index (κ2) is 8.82. The van der Waals surface area contributed by atoms with Crippen molar-refractivity contribution in [2.24, 2.45) is 0 Å². The summed E-state index contributed by atoms with van der Waals surface area (Å²) in [4.78, 5) is 23.4. The van der Waals surface area contributed by atoms with Gasteiger partial charge >= 0.3 is 0 Å². The first-order chi connectivity index (χ1) is 13.0. The zero-order chi connectivity index (χ0) is 19.4. The van der Waals surface area contributed by atoms with Crippen molar-refractivity contribution in [3.8, 4) is 11.5 Å². The molecule has 1 aliphatic heterocycles. The van der Waals surface area contributed by atoms with Crippen molar-refractivity contribution in [2.75, 3.05) is 6.61 Å². The van der Waals surface area contributed by atoms with E-state index in [1.807, 2.05) is 19.1 Å². The Hall–Kier alpha value is -1.96. The highest BCUT2D eigenvalue weighted by Crippen LogP contribution is 2.37. The number of amides is 2. The molecule has 0 saturated carbocycles. The second-order valence-corrected chi connectivity index (χ2v) is 7.83. The quantitative estimate of drug-likeness (QED) is 0.575. The normalized spacial score (nSPS) is 15.1. The van der Waals surface area contributed by atoms with Gasteiger partial charge in [-0.25, -0.2) is 0 Å². The summed E-state index contributed by atoms with van der Waals surface area (Å²) >= 11 is 10.3. The molecule has 1 fully saturated rings. The van der Waals surface area contributed by atoms with Crippen LogP contribution in [0.25, 0.3) is 6.08 Å². The molecule has 27 heavy (non-hydrogen) atoms. The van der Waals surface area contributed by atoms with Crippen molar-refractivity contribution in [3.05, 3.63) is 61.9 Å². The molecular formula is C19H15BrClNO4S. The maximum atomic E-state index is 11.8. The standard InChI is InChI=1S/C19H15BrClNO4S/c1-2-25-15-7-12(8-17-18(23)22-19(24)27-17)14(20)9-16(15)26-10-11-3-5-13(21)6-4-11/h3-9H,2,10H2,1H3,(H,22,23,24). The molecule has 2 aromatic rings. The van der Waals surface area contributed by atoms with E-state index in [2.05, 4.69) is 21.2 Å². The maximum Gasteiger partial charge on any atom is 0.290 e. The summed E-state index contributed by atoms with van der Waals surface area (Å²) in [5.41, 5.74) is 1.69. The molecule has 1 heterocycles. The van der Waals surface area contributed by atoms with Crippen LogP contribution in [0.5, 0.6) is 11.5 Å². The molecule has 0 aromatic heterocycles. The fourth-order valence-corrected chi connectivity index (χ4v) is 3.58. The van der Waals surface area contributed by atoms with E-state index in [9.17, 15) is 9.59 Å². The van der Waals surface area contributed by atoms with Crippen LogP contribution in [0.4, 0.5) is 4.79 Å². The number of halogens is 2. The van der Waals surface area contributed by atoms with E-state index in [1.54, 1.807) is 30.3 Å². The van der Waals surface area contributed by atoms with Gasteiger partial charge in [0.05, 0.1) is 11.5 Å². The molecule has 1 aliphatic rings. The predicted octanol–water partition coefficient (Wildman–Crippen LogP) is 5.40. The number of rotatable bonds is 6. The van der Waals surface area contributed by atoms with E-state index < -0.39 is 5.91 Å². The van der Waals surface area contributed by atoms with Crippen molar-refractivity contribution in [1.82, 2.24) is 5.32 Å². The minimum atomic E-state index is -0.405. The summed E-state index contributed by atoms with van der Waals surface area (Å²) in [5, 5.41) is 2.52. The van der Waals surface area contributed by atoms with Gasteiger partial charge in [-0.2, -0.15) is 0 Å². The molecule has 0 spiro atoms. The van der Waals surface area contributed by atoms with Gasteiger partial charge in [0.2, 0.25) is 0 Å². The van der Waals surface area contributed by atoms with E-state index in [-0.39, 0.29) is 5.24 Å². The lowest BCUT2D eigenvalue weighted by Gasteiger charge is -2.14. The van der Waals surface area contributed by atoms with Crippen LogP contribution in [-0.4, -0.2) is 17.8 Å². The molecule has 0 radical (unpaired) electrons. The highest BCUT2D eigenvalue weighted by Gasteiger charge is 2.25. The van der Waals surface area contributed by atoms with Gasteiger partial charge in [0.15, 0.2) is 11.5 Å². The summed E-state index contributed by atoms with van der Waals surface area (Å²) in [7, 11) is 0. The Labute approximate surface area is 174 Å². The Balaban J connectivity index is 1.85. The number of ether oxygens (including phenoxy) is 2. The number of benzene rings is 2. The highest BCUT2D eigenvalue weighted by atomic mass is 79.9. The number of hydrogen-bond acceptors (Lipinski definition) is 5. The summed E-state index contributed by atoms with van der Waals surface area (Å²) in [5.74, 6) is 0.717. The molecule has 1 saturated heterocycles. The molecule has 0 unspecified atom stereocenters. The van der Waals surface area contributed by atoms with Crippen LogP contribution in [0.3, 0.4) is 0 Å². The van der Waals surface area contributed by atoms with E-state index >= 15 is 0 Å². The molecule has 1 N–H and O–H groups in total. The van der Waals surface area contributed by atoms with Crippen molar-refractivity contribution >= 4 is 56.5 Å². The lowest BCUT2D eigenvalue weighted by Crippen LogP contribution is -2.17. The van der Waals surface area contributed by atoms with Gasteiger partial charge in [0.1, 0.15) is 6.61 Å². The van der Waals surface area contributed by atoms with E-state index in [1.165, 1.54) is 0 Å². The van der Waals surface area contributed by atoms with Crippen LogP contribution in [-0.2, 0) is 11.4 Å². The maximum absolute atomic E-state index is 11.8. The number of nitrogens with one attached hydrogen (secondary N) is 1. The molecule has 0 bridgehead atoms. The first-order valence-corrected chi connectivity index (χ1v) is 10.0. The lowest BCUT2D eigenvalue weighted by atomic mass is 10.1. The van der Waals surface area contributed by atoms with Crippen LogP contribution in [0.2, 0.25) is 5.02 Å². The Morgan fingerprint density at radius 1 is 1.15 bits per heavy atom. The van der Waals surface area contributed by atoms with Crippen molar-refractivity contribution in [1.29, 1.82) is 0 Å². The van der Waals surface area contributed by atoms with Crippen LogP contribution in [0, 0.1) is 0 Å². The highest BCUT2D eigenvalue weighted by molar-refractivity contribution is 9.10. The van der Waals surface area contributed by atoms with Crippen LogP contribution < -0.4 is 14.8 Å². The first-order valence-electron chi connectivity index (χ1n) is 8.04. The second-order valence-electron chi connectivity index (χ2n) is 5.52. The Morgan fingerprint density at radius 3 is 2.48 bits per heavy atom. The van der Waals surface area contributed by atoms with Crippen LogP contribution in [0.15, 0.2) is 45.8 Å². The topological polar surface area (TPSA) is 64.6 Å². The zero-order valence-electron chi connectivity index (χ0n) is 14.3.